The molecular weight excluding hydrogens is 352 g/mol. The minimum absolute atomic E-state index is 0.136. The van der Waals surface area contributed by atoms with E-state index in [1.165, 1.54) is 25.5 Å². The van der Waals surface area contributed by atoms with Crippen LogP contribution in [0.25, 0.3) is 0 Å². The number of anilines is 1. The van der Waals surface area contributed by atoms with Gasteiger partial charge >= 0.3 is 11.7 Å². The number of nitrogens with one attached hydrogen (secondary N) is 1. The van der Waals surface area contributed by atoms with Gasteiger partial charge in [0.2, 0.25) is 0 Å². The minimum atomic E-state index is -1.02. The van der Waals surface area contributed by atoms with Crippen molar-refractivity contribution < 1.29 is 19.2 Å². The lowest BCUT2D eigenvalue weighted by Crippen LogP contribution is -2.31. The monoisotopic (exact) mass is 374 g/mol. The average molecular weight is 374 g/mol. The maximum Gasteiger partial charge on any atom is 0.328 e. The van der Waals surface area contributed by atoms with Crippen LogP contribution in [0.1, 0.15) is 29.4 Å². The van der Waals surface area contributed by atoms with E-state index in [0.29, 0.717) is 5.69 Å². The molecule has 0 radical (unpaired) electrons. The highest BCUT2D eigenvalue weighted by Gasteiger charge is 2.24. The summed E-state index contributed by atoms with van der Waals surface area (Å²) in [5.41, 5.74) is 2.86. The van der Waals surface area contributed by atoms with Crippen molar-refractivity contribution in [3.8, 4) is 0 Å². The number of amides is 1. The number of esters is 1. The van der Waals surface area contributed by atoms with E-state index in [4.69, 9.17) is 4.74 Å². The Balaban J connectivity index is 2.01. The summed E-state index contributed by atoms with van der Waals surface area (Å²) in [6, 6.07) is 5.65. The van der Waals surface area contributed by atoms with Gasteiger partial charge in [0.1, 0.15) is 17.9 Å². The second-order valence-corrected chi connectivity index (χ2v) is 6.37. The van der Waals surface area contributed by atoms with E-state index in [-0.39, 0.29) is 23.6 Å². The largest absolute Gasteiger partial charge is 0.451 e. The smallest absolute Gasteiger partial charge is 0.328 e. The van der Waals surface area contributed by atoms with Gasteiger partial charge in [-0.2, -0.15) is 5.10 Å². The zero-order chi connectivity index (χ0) is 20.3. The molecule has 1 aromatic carbocycles. The van der Waals surface area contributed by atoms with Crippen molar-refractivity contribution in [2.24, 2.45) is 0 Å². The molecule has 0 saturated carbocycles. The van der Waals surface area contributed by atoms with Gasteiger partial charge in [-0.1, -0.05) is 12.1 Å². The number of hydrogen-bond donors (Lipinski definition) is 1. The molecule has 144 valence electrons. The molecule has 0 bridgehead atoms. The van der Waals surface area contributed by atoms with Crippen LogP contribution >= 0.6 is 0 Å². The van der Waals surface area contributed by atoms with Crippen molar-refractivity contribution in [1.29, 1.82) is 0 Å². The lowest BCUT2D eigenvalue weighted by Gasteiger charge is -2.15. The summed E-state index contributed by atoms with van der Waals surface area (Å²) < 4.78 is 6.34. The molecule has 1 heterocycles. The predicted octanol–water partition coefficient (Wildman–Crippen LogP) is 2.60. The van der Waals surface area contributed by atoms with Gasteiger partial charge < -0.3 is 10.1 Å². The molecule has 1 amide bonds. The first-order chi connectivity index (χ1) is 12.6. The topological polar surface area (TPSA) is 116 Å². The average Bonchev–Trinajstić information content (AvgIpc) is 2.84. The van der Waals surface area contributed by atoms with E-state index in [1.807, 2.05) is 32.0 Å². The van der Waals surface area contributed by atoms with Crippen molar-refractivity contribution >= 4 is 23.3 Å². The van der Waals surface area contributed by atoms with Gasteiger partial charge in [0, 0.05) is 5.69 Å². The first-order valence-electron chi connectivity index (χ1n) is 8.36. The number of ether oxygens (including phenoxy) is 1. The van der Waals surface area contributed by atoms with Gasteiger partial charge in [-0.05, 0) is 51.8 Å². The van der Waals surface area contributed by atoms with Crippen LogP contribution in [0.4, 0.5) is 11.4 Å². The number of aryl methyl sites for hydroxylation is 3. The summed E-state index contributed by atoms with van der Waals surface area (Å²) >= 11 is 0. The Morgan fingerprint density at radius 1 is 1.30 bits per heavy atom. The van der Waals surface area contributed by atoms with Gasteiger partial charge in [-0.15, -0.1) is 0 Å². The third-order valence-electron chi connectivity index (χ3n) is 4.13. The quantitative estimate of drug-likeness (QED) is 0.472. The number of carbonyl (C=O) groups excluding carboxylic acids is 2. The fourth-order valence-electron chi connectivity index (χ4n) is 2.62. The normalized spacial score (nSPS) is 11.7. The second-order valence-electron chi connectivity index (χ2n) is 6.37. The van der Waals surface area contributed by atoms with Crippen LogP contribution in [0.2, 0.25) is 0 Å². The maximum atomic E-state index is 12.3. The van der Waals surface area contributed by atoms with Gasteiger partial charge in [0.25, 0.3) is 5.91 Å². The zero-order valence-corrected chi connectivity index (χ0v) is 15.9. The molecule has 9 heteroatoms. The summed E-state index contributed by atoms with van der Waals surface area (Å²) in [7, 11) is 0. The van der Waals surface area contributed by atoms with Crippen LogP contribution in [0.5, 0.6) is 0 Å². The van der Waals surface area contributed by atoms with Crippen LogP contribution in [-0.4, -0.2) is 32.7 Å². The Hall–Kier alpha value is -3.23. The Morgan fingerprint density at radius 2 is 1.96 bits per heavy atom. The molecular formula is C18H22N4O5. The third kappa shape index (κ3) is 4.69. The number of nitrogens with zero attached hydrogens (tertiary/aromatic N) is 3. The number of aromatic nitrogens is 2. The molecule has 0 saturated heterocycles. The molecule has 0 aliphatic rings. The Morgan fingerprint density at radius 3 is 2.56 bits per heavy atom. The van der Waals surface area contributed by atoms with E-state index >= 15 is 0 Å². The van der Waals surface area contributed by atoms with Crippen LogP contribution in [0, 0.1) is 37.8 Å². The summed E-state index contributed by atoms with van der Waals surface area (Å²) in [5.74, 6) is -1.17. The number of nitro groups is 1. The summed E-state index contributed by atoms with van der Waals surface area (Å²) in [5, 5.41) is 17.7. The van der Waals surface area contributed by atoms with Crippen molar-refractivity contribution in [1.82, 2.24) is 9.78 Å². The van der Waals surface area contributed by atoms with Crippen molar-refractivity contribution in [2.45, 2.75) is 47.3 Å². The van der Waals surface area contributed by atoms with Crippen molar-refractivity contribution in [3.63, 3.8) is 0 Å². The molecule has 0 spiro atoms. The molecule has 9 nitrogen and oxygen atoms in total. The first kappa shape index (κ1) is 20.1. The summed E-state index contributed by atoms with van der Waals surface area (Å²) in [6.07, 6.45) is -1.02. The van der Waals surface area contributed by atoms with Crippen LogP contribution in [0.3, 0.4) is 0 Å². The lowest BCUT2D eigenvalue weighted by molar-refractivity contribution is -0.386. The minimum Gasteiger partial charge on any atom is -0.451 e. The maximum absolute atomic E-state index is 12.3. The van der Waals surface area contributed by atoms with Crippen LogP contribution in [0.15, 0.2) is 18.2 Å². The number of rotatable bonds is 6. The molecule has 0 aliphatic carbocycles. The second kappa shape index (κ2) is 7.98. The van der Waals surface area contributed by atoms with Crippen molar-refractivity contribution in [3.05, 3.63) is 50.8 Å². The molecule has 1 N–H and O–H groups in total. The standard InChI is InChI=1S/C18H22N4O5/c1-10-6-7-11(2)15(8-10)19-18(24)14(5)27-16(23)9-21-13(4)17(22(25)26)12(3)20-21/h6-8,14H,9H2,1-5H3,(H,19,24)/t14-/m0/s1. The molecule has 0 fully saturated rings. The molecule has 0 aliphatic heterocycles. The molecule has 2 rings (SSSR count). The highest BCUT2D eigenvalue weighted by atomic mass is 16.6. The van der Waals surface area contributed by atoms with Crippen LogP contribution in [-0.2, 0) is 20.9 Å². The fourth-order valence-corrected chi connectivity index (χ4v) is 2.62. The Bertz CT molecular complexity index is 903. The van der Waals surface area contributed by atoms with E-state index in [1.54, 1.807) is 0 Å². The fraction of sp³-hybridized carbons (Fsp3) is 0.389. The molecule has 27 heavy (non-hydrogen) atoms. The number of hydrogen-bond acceptors (Lipinski definition) is 6. The molecule has 1 aromatic heterocycles. The Labute approximate surface area is 156 Å². The van der Waals surface area contributed by atoms with Gasteiger partial charge in [0.05, 0.1) is 4.92 Å². The highest BCUT2D eigenvalue weighted by Crippen LogP contribution is 2.22. The SMILES string of the molecule is Cc1ccc(C)c(NC(=O)[C@H](C)OC(=O)Cn2nc(C)c([N+](=O)[O-])c2C)c1. The molecule has 0 unspecified atom stereocenters. The summed E-state index contributed by atoms with van der Waals surface area (Å²) in [6.45, 7) is 7.91. The highest BCUT2D eigenvalue weighted by molar-refractivity contribution is 5.95. The van der Waals surface area contributed by atoms with Crippen molar-refractivity contribution in [2.75, 3.05) is 5.32 Å². The number of benzene rings is 1. The van der Waals surface area contributed by atoms with Gasteiger partial charge in [0.15, 0.2) is 6.10 Å². The van der Waals surface area contributed by atoms with E-state index < -0.39 is 22.9 Å². The first-order valence-corrected chi connectivity index (χ1v) is 8.36. The predicted molar refractivity (Wildman–Crippen MR) is 98.5 cm³/mol. The van der Waals surface area contributed by atoms with E-state index in [0.717, 1.165) is 11.1 Å². The third-order valence-corrected chi connectivity index (χ3v) is 4.13. The van der Waals surface area contributed by atoms with E-state index in [2.05, 4.69) is 10.4 Å². The molecule has 1 atom stereocenters. The molecule has 2 aromatic rings. The van der Waals surface area contributed by atoms with Crippen LogP contribution < -0.4 is 5.32 Å². The Kier molecular flexibility index (Phi) is 5.94. The zero-order valence-electron chi connectivity index (χ0n) is 15.9. The number of carbonyl (C=O) groups is 2. The van der Waals surface area contributed by atoms with E-state index in [9.17, 15) is 19.7 Å². The summed E-state index contributed by atoms with van der Waals surface area (Å²) in [4.78, 5) is 34.9. The lowest BCUT2D eigenvalue weighted by atomic mass is 10.1. The van der Waals surface area contributed by atoms with Gasteiger partial charge in [-0.25, -0.2) is 0 Å². The van der Waals surface area contributed by atoms with Gasteiger partial charge in [-0.3, -0.25) is 24.4 Å².